The van der Waals surface area contributed by atoms with E-state index >= 15 is 0 Å². The van der Waals surface area contributed by atoms with Crippen molar-refractivity contribution in [2.75, 3.05) is 10.7 Å². The van der Waals surface area contributed by atoms with Gasteiger partial charge in [0, 0.05) is 5.69 Å². The number of carbonyl (C=O) groups is 1. The van der Waals surface area contributed by atoms with Gasteiger partial charge in [-0.2, -0.15) is 0 Å². The molecule has 0 fully saturated rings. The van der Waals surface area contributed by atoms with Crippen LogP contribution in [0.1, 0.15) is 17.4 Å². The number of ether oxygens (including phenoxy) is 1. The Labute approximate surface area is 194 Å². The molecule has 2 atom stereocenters. The number of para-hydroxylation sites is 1. The van der Waals surface area contributed by atoms with Gasteiger partial charge in [-0.3, -0.25) is 4.79 Å². The lowest BCUT2D eigenvalue weighted by Gasteiger charge is -2.33. The molecule has 0 bridgehead atoms. The number of benzene rings is 3. The van der Waals surface area contributed by atoms with Crippen molar-refractivity contribution in [2.24, 2.45) is 0 Å². The van der Waals surface area contributed by atoms with Crippen LogP contribution in [-0.4, -0.2) is 26.0 Å². The number of fused-ring (bicyclic) bond motifs is 1. The van der Waals surface area contributed by atoms with Gasteiger partial charge in [-0.05, 0) is 42.0 Å². The molecule has 3 aromatic carbocycles. The van der Waals surface area contributed by atoms with Crippen LogP contribution >= 0.6 is 11.8 Å². The summed E-state index contributed by atoms with van der Waals surface area (Å²) in [7, 11) is 0. The lowest BCUT2D eigenvalue weighted by Crippen LogP contribution is -2.41. The van der Waals surface area contributed by atoms with Crippen LogP contribution in [0.5, 0.6) is 5.75 Å². The summed E-state index contributed by atoms with van der Waals surface area (Å²) in [4.78, 5) is 13.2. The van der Waals surface area contributed by atoms with Gasteiger partial charge in [-0.1, -0.05) is 60.3 Å². The predicted molar refractivity (Wildman–Crippen MR) is 124 cm³/mol. The molecule has 0 saturated heterocycles. The number of aromatic nitrogens is 3. The Balaban J connectivity index is 1.40. The molecule has 1 amide bonds. The molecule has 1 aromatic heterocycles. The van der Waals surface area contributed by atoms with Crippen LogP contribution in [0.2, 0.25) is 0 Å². The molecule has 1 aliphatic rings. The molecule has 0 spiro atoms. The lowest BCUT2D eigenvalue weighted by atomic mass is 10.0. The first kappa shape index (κ1) is 21.0. The Morgan fingerprint density at radius 3 is 2.42 bits per heavy atom. The summed E-state index contributed by atoms with van der Waals surface area (Å²) in [5.41, 5.74) is 4.86. The number of nitrogens with one attached hydrogen (secondary N) is 2. The Morgan fingerprint density at radius 2 is 1.70 bits per heavy atom. The number of anilines is 1. The van der Waals surface area contributed by atoms with Crippen LogP contribution < -0.4 is 15.5 Å². The summed E-state index contributed by atoms with van der Waals surface area (Å²) in [5, 5.41) is 11.4. The van der Waals surface area contributed by atoms with Gasteiger partial charge in [-0.25, -0.2) is 9.07 Å². The van der Waals surface area contributed by atoms with Crippen LogP contribution in [0.3, 0.4) is 0 Å². The van der Waals surface area contributed by atoms with Gasteiger partial charge in [0.25, 0.3) is 0 Å². The quantitative estimate of drug-likeness (QED) is 0.443. The van der Waals surface area contributed by atoms with Gasteiger partial charge < -0.3 is 15.5 Å². The number of hydrogen-bond acceptors (Lipinski definition) is 6. The number of halogens is 1. The second kappa shape index (κ2) is 9.33. The fourth-order valence-electron chi connectivity index (χ4n) is 3.51. The molecule has 7 nitrogen and oxygen atoms in total. The molecular formula is C24H20FN5O2S. The van der Waals surface area contributed by atoms with E-state index in [0.29, 0.717) is 16.7 Å². The van der Waals surface area contributed by atoms with Gasteiger partial charge in [0.05, 0.1) is 6.04 Å². The van der Waals surface area contributed by atoms with Crippen molar-refractivity contribution < 1.29 is 13.9 Å². The largest absolute Gasteiger partial charge is 0.486 e. The van der Waals surface area contributed by atoms with E-state index < -0.39 is 5.25 Å². The SMILES string of the molecule is O=C(Nc1ccc(F)cc1)[C@H]1Sc2nnc(COc3ccccc3)n2N[C@@H]1c1ccccc1. The number of carbonyl (C=O) groups excluding carboxylic acids is 1. The fraction of sp³-hybridized carbons (Fsp3) is 0.125. The van der Waals surface area contributed by atoms with E-state index in [4.69, 9.17) is 4.74 Å². The lowest BCUT2D eigenvalue weighted by molar-refractivity contribution is -0.116. The van der Waals surface area contributed by atoms with E-state index in [-0.39, 0.29) is 24.4 Å². The summed E-state index contributed by atoms with van der Waals surface area (Å²) in [6.45, 7) is 0.221. The van der Waals surface area contributed by atoms with Crippen LogP contribution in [0.15, 0.2) is 90.1 Å². The predicted octanol–water partition coefficient (Wildman–Crippen LogP) is 4.39. The zero-order valence-corrected chi connectivity index (χ0v) is 18.2. The first-order chi connectivity index (χ1) is 16.2. The minimum Gasteiger partial charge on any atom is -0.486 e. The minimum absolute atomic E-state index is 0.218. The summed E-state index contributed by atoms with van der Waals surface area (Å²) in [6, 6.07) is 24.5. The maximum Gasteiger partial charge on any atom is 0.240 e. The van der Waals surface area contributed by atoms with E-state index in [9.17, 15) is 9.18 Å². The van der Waals surface area contributed by atoms with Crippen molar-refractivity contribution in [1.29, 1.82) is 0 Å². The van der Waals surface area contributed by atoms with E-state index in [1.807, 2.05) is 60.7 Å². The maximum absolute atomic E-state index is 13.2. The van der Waals surface area contributed by atoms with E-state index in [2.05, 4.69) is 20.9 Å². The molecule has 1 aliphatic heterocycles. The van der Waals surface area contributed by atoms with E-state index in [1.54, 1.807) is 4.68 Å². The second-order valence-corrected chi connectivity index (χ2v) is 8.50. The highest BCUT2D eigenvalue weighted by Crippen LogP contribution is 2.37. The number of rotatable bonds is 6. The smallest absolute Gasteiger partial charge is 0.240 e. The van der Waals surface area contributed by atoms with E-state index in [0.717, 1.165) is 11.3 Å². The Hall–Kier alpha value is -3.85. The van der Waals surface area contributed by atoms with Gasteiger partial charge >= 0.3 is 0 Å². The molecule has 4 aromatic rings. The molecule has 33 heavy (non-hydrogen) atoms. The molecule has 0 aliphatic carbocycles. The second-order valence-electron chi connectivity index (χ2n) is 7.39. The van der Waals surface area contributed by atoms with E-state index in [1.165, 1.54) is 36.0 Å². The maximum atomic E-state index is 13.2. The van der Waals surface area contributed by atoms with Gasteiger partial charge in [0.2, 0.25) is 11.1 Å². The third kappa shape index (κ3) is 4.68. The number of hydrogen-bond donors (Lipinski definition) is 2. The summed E-state index contributed by atoms with van der Waals surface area (Å²) < 4.78 is 20.9. The number of amides is 1. The highest BCUT2D eigenvalue weighted by atomic mass is 32.2. The molecule has 9 heteroatoms. The van der Waals surface area contributed by atoms with Crippen LogP contribution in [0.4, 0.5) is 10.1 Å². The van der Waals surface area contributed by atoms with Crippen molar-refractivity contribution in [3.8, 4) is 5.75 Å². The number of nitrogens with zero attached hydrogens (tertiary/aromatic N) is 3. The van der Waals surface area contributed by atoms with Crippen LogP contribution in [0.25, 0.3) is 0 Å². The zero-order chi connectivity index (χ0) is 22.6. The zero-order valence-electron chi connectivity index (χ0n) is 17.4. The van der Waals surface area contributed by atoms with Crippen LogP contribution in [-0.2, 0) is 11.4 Å². The van der Waals surface area contributed by atoms with Crippen molar-refractivity contribution in [1.82, 2.24) is 14.9 Å². The molecular weight excluding hydrogens is 441 g/mol. The summed E-state index contributed by atoms with van der Waals surface area (Å²) in [5.74, 6) is 0.751. The van der Waals surface area contributed by atoms with Crippen molar-refractivity contribution in [3.05, 3.63) is 102 Å². The molecule has 2 heterocycles. The highest BCUT2D eigenvalue weighted by molar-refractivity contribution is 8.00. The molecule has 0 unspecified atom stereocenters. The Morgan fingerprint density at radius 1 is 1.00 bits per heavy atom. The highest BCUT2D eigenvalue weighted by Gasteiger charge is 2.37. The molecule has 0 saturated carbocycles. The first-order valence-electron chi connectivity index (χ1n) is 10.3. The fourth-order valence-corrected chi connectivity index (χ4v) is 4.61. The third-order valence-corrected chi connectivity index (χ3v) is 6.36. The van der Waals surface area contributed by atoms with Crippen molar-refractivity contribution in [3.63, 3.8) is 0 Å². The van der Waals surface area contributed by atoms with Gasteiger partial charge in [0.15, 0.2) is 5.82 Å². The number of thioether (sulfide) groups is 1. The normalized spacial score (nSPS) is 17.0. The minimum atomic E-state index is -0.531. The molecule has 166 valence electrons. The average Bonchev–Trinajstić information content (AvgIpc) is 3.26. The van der Waals surface area contributed by atoms with Gasteiger partial charge in [-0.15, -0.1) is 10.2 Å². The average molecular weight is 462 g/mol. The molecule has 2 N–H and O–H groups in total. The third-order valence-electron chi connectivity index (χ3n) is 5.14. The Kier molecular flexibility index (Phi) is 5.95. The Bertz CT molecular complexity index is 1230. The summed E-state index contributed by atoms with van der Waals surface area (Å²) >= 11 is 1.32. The molecule has 0 radical (unpaired) electrons. The topological polar surface area (TPSA) is 81.1 Å². The van der Waals surface area contributed by atoms with Gasteiger partial charge in [0.1, 0.15) is 23.4 Å². The summed E-state index contributed by atoms with van der Waals surface area (Å²) in [6.07, 6.45) is 0. The van der Waals surface area contributed by atoms with Crippen LogP contribution in [0, 0.1) is 5.82 Å². The monoisotopic (exact) mass is 461 g/mol. The van der Waals surface area contributed by atoms with Crippen molar-refractivity contribution in [2.45, 2.75) is 23.1 Å². The van der Waals surface area contributed by atoms with Crippen molar-refractivity contribution >= 4 is 23.4 Å². The standard InChI is InChI=1S/C24H20FN5O2S/c25-17-11-13-18(14-12-17)26-23(31)22-21(16-7-3-1-4-8-16)29-30-20(27-28-24(30)33-22)15-32-19-9-5-2-6-10-19/h1-14,21-22,29H,15H2,(H,26,31)/t21-,22+/m1/s1. The first-order valence-corrected chi connectivity index (χ1v) is 11.2. The molecule has 5 rings (SSSR count).